The van der Waals surface area contributed by atoms with E-state index < -0.39 is 11.9 Å². The van der Waals surface area contributed by atoms with Crippen LogP contribution in [-0.4, -0.2) is 15.5 Å². The Morgan fingerprint density at radius 1 is 0.443 bits per heavy atom. The van der Waals surface area contributed by atoms with Crippen LogP contribution >= 0.6 is 22.7 Å². The quantitative estimate of drug-likeness (QED) is 0.129. The number of rotatable bonds is 10. The molecule has 0 aliphatic carbocycles. The first kappa shape index (κ1) is 79.2. The normalized spacial score (nSPS) is 10.8. The summed E-state index contributed by atoms with van der Waals surface area (Å²) in [6.07, 6.45) is 4.22. The van der Waals surface area contributed by atoms with E-state index in [1.807, 2.05) is 93.6 Å². The van der Waals surface area contributed by atoms with Gasteiger partial charge in [0.15, 0.2) is 0 Å². The molecule has 0 radical (unpaired) electrons. The van der Waals surface area contributed by atoms with Gasteiger partial charge in [0.05, 0.1) is 42.6 Å². The Balaban J connectivity index is 0.000000490. The molecule has 0 aromatic carbocycles. The van der Waals surface area contributed by atoms with E-state index in [1.165, 1.54) is 27.6 Å². The predicted octanol–water partition coefficient (Wildman–Crippen LogP) is 25.4. The third-order valence-electron chi connectivity index (χ3n) is 12.5. The van der Waals surface area contributed by atoms with Gasteiger partial charge in [-0.2, -0.15) is 24.5 Å². The van der Waals surface area contributed by atoms with E-state index in [1.54, 1.807) is 56.4 Å². The van der Waals surface area contributed by atoms with Crippen LogP contribution in [0.5, 0.6) is 0 Å². The van der Waals surface area contributed by atoms with Gasteiger partial charge in [0, 0.05) is 52.7 Å². The van der Waals surface area contributed by atoms with Crippen molar-refractivity contribution in [2.24, 2.45) is 0 Å². The second-order valence-electron chi connectivity index (χ2n) is 23.9. The zero-order valence-corrected chi connectivity index (χ0v) is 58.7. The van der Waals surface area contributed by atoms with E-state index in [0.717, 1.165) is 57.8 Å². The highest BCUT2D eigenvalue weighted by Crippen LogP contribution is 2.32. The molecule has 0 aliphatic heterocycles. The van der Waals surface area contributed by atoms with Gasteiger partial charge in [-0.1, -0.05) is 160 Å². The zero-order chi connectivity index (χ0) is 66.7. The SMILES string of the molecule is CC(C)c1ccc(C(F)(F)F)o1.CC(C)c1ccco1.CC(C)c1cccs1.CC(C)c1ccno1.CC(C)c1ccoc1.CC(C)c1ccsc1.Cc1cc(C(C)C)no1.Cc1cc(C(C)C)on1.Cc1ccc(C(C)C)o1.Cc1occc1C(C)C. The molecule has 0 fully saturated rings. The van der Waals surface area contributed by atoms with Crippen molar-refractivity contribution < 1.29 is 48.8 Å². The molecule has 0 saturated carbocycles. The summed E-state index contributed by atoms with van der Waals surface area (Å²) in [4.78, 5) is 1.48. The largest absolute Gasteiger partial charge is 0.472 e. The summed E-state index contributed by atoms with van der Waals surface area (Å²) in [5.41, 5.74) is 6.03. The number of thiophene rings is 2. The molecule has 0 amide bonds. The molecule has 88 heavy (non-hydrogen) atoms. The number of alkyl halides is 3. The molecule has 0 bridgehead atoms. The van der Waals surface area contributed by atoms with Crippen molar-refractivity contribution in [2.45, 2.75) is 232 Å². The Kier molecular flexibility index (Phi) is 38.0. The number of furan rings is 5. The van der Waals surface area contributed by atoms with Crippen molar-refractivity contribution in [3.05, 3.63) is 217 Å². The minimum atomic E-state index is -4.37. The lowest BCUT2D eigenvalue weighted by Gasteiger charge is -2.02. The highest BCUT2D eigenvalue weighted by atomic mass is 32.1. The highest BCUT2D eigenvalue weighted by molar-refractivity contribution is 7.10. The summed E-state index contributed by atoms with van der Waals surface area (Å²) in [6.45, 7) is 49.8. The summed E-state index contributed by atoms with van der Waals surface area (Å²) >= 11 is 3.60. The first-order chi connectivity index (χ1) is 41.2. The van der Waals surface area contributed by atoms with Crippen molar-refractivity contribution in [3.8, 4) is 0 Å². The molecule has 0 saturated heterocycles. The van der Waals surface area contributed by atoms with E-state index in [9.17, 15) is 13.2 Å². The third-order valence-corrected chi connectivity index (χ3v) is 14.3. The Hall–Kier alpha value is -6.78. The van der Waals surface area contributed by atoms with Crippen molar-refractivity contribution in [1.29, 1.82) is 0 Å². The number of halogens is 3. The number of hydrogen-bond acceptors (Lipinski definition) is 13. The predicted molar refractivity (Wildman–Crippen MR) is 357 cm³/mol. The van der Waals surface area contributed by atoms with Crippen LogP contribution in [0, 0.1) is 27.7 Å². The highest BCUT2D eigenvalue weighted by Gasteiger charge is 2.35. The average molecular weight is 1260 g/mol. The molecule has 0 spiro atoms. The molecule has 488 valence electrons. The van der Waals surface area contributed by atoms with Gasteiger partial charge >= 0.3 is 6.18 Å². The molecule has 10 heterocycles. The van der Waals surface area contributed by atoms with E-state index in [-0.39, 0.29) is 5.92 Å². The zero-order valence-electron chi connectivity index (χ0n) is 57.0. The van der Waals surface area contributed by atoms with Gasteiger partial charge in [0.2, 0.25) is 5.76 Å². The van der Waals surface area contributed by atoms with Gasteiger partial charge in [-0.3, -0.25) is 0 Å². The van der Waals surface area contributed by atoms with Crippen LogP contribution in [0.1, 0.15) is 282 Å². The van der Waals surface area contributed by atoms with Gasteiger partial charge in [0.25, 0.3) is 0 Å². The van der Waals surface area contributed by atoms with Crippen molar-refractivity contribution in [2.75, 3.05) is 0 Å². The van der Waals surface area contributed by atoms with E-state index >= 15 is 0 Å². The Morgan fingerprint density at radius 2 is 1.06 bits per heavy atom. The van der Waals surface area contributed by atoms with Crippen LogP contribution in [0.15, 0.2) is 168 Å². The minimum absolute atomic E-state index is 0.0129. The smallest absolute Gasteiger partial charge is 0.449 e. The first-order valence-corrected chi connectivity index (χ1v) is 32.2. The summed E-state index contributed by atoms with van der Waals surface area (Å²) in [6, 6.07) is 26.5. The monoisotopic (exact) mass is 1260 g/mol. The molecule has 16 heteroatoms. The lowest BCUT2D eigenvalue weighted by molar-refractivity contribution is -0.153. The molecule has 11 nitrogen and oxygen atoms in total. The second kappa shape index (κ2) is 42.2. The van der Waals surface area contributed by atoms with Gasteiger partial charge in [0.1, 0.15) is 46.1 Å². The van der Waals surface area contributed by atoms with Crippen LogP contribution in [-0.2, 0) is 6.18 Å². The fourth-order valence-electron chi connectivity index (χ4n) is 6.86. The average Bonchev–Trinajstić information content (AvgIpc) is 3.35. The summed E-state index contributed by atoms with van der Waals surface area (Å²) < 4.78 is 75.6. The molecule has 10 aromatic rings. The minimum Gasteiger partial charge on any atom is -0.472 e. The lowest BCUT2D eigenvalue weighted by atomic mass is 10.1. The van der Waals surface area contributed by atoms with Crippen molar-refractivity contribution in [3.63, 3.8) is 0 Å². The summed E-state index contributed by atoms with van der Waals surface area (Å²) in [5, 5.41) is 17.6. The molecule has 10 aromatic heterocycles. The Bertz CT molecular complexity index is 2810. The maximum absolute atomic E-state index is 12.0. The fourth-order valence-corrected chi connectivity index (χ4v) is 8.42. The molecular formula is C72H104F3N3O8S2. The van der Waals surface area contributed by atoms with Crippen LogP contribution in [0.25, 0.3) is 0 Å². The third kappa shape index (κ3) is 33.5. The molecule has 0 atom stereocenters. The van der Waals surface area contributed by atoms with Crippen LogP contribution < -0.4 is 0 Å². The molecule has 0 N–H and O–H groups in total. The van der Waals surface area contributed by atoms with E-state index in [2.05, 4.69) is 179 Å². The molecule has 0 aliphatic rings. The number of nitrogens with zero attached hydrogens (tertiary/aromatic N) is 3. The first-order valence-electron chi connectivity index (χ1n) is 30.4. The van der Waals surface area contributed by atoms with Crippen molar-refractivity contribution in [1.82, 2.24) is 15.5 Å². The maximum atomic E-state index is 12.0. The van der Waals surface area contributed by atoms with Crippen LogP contribution in [0.3, 0.4) is 0 Å². The summed E-state index contributed by atoms with van der Waals surface area (Å²) in [7, 11) is 0. The van der Waals surface area contributed by atoms with Gasteiger partial charge in [-0.15, -0.1) is 11.3 Å². The standard InChI is InChI=1S/C8H9F3O.2C8H12O.2C7H11NO.2C7H10O.2C7H10S.C6H9NO/c1-5(2)6-3-4-7(12-6)8(9,10)11;1-6(2)8-4-5-9-7(8)3;1-6(2)8-5-4-7(3)9-8;1-5(2)7-4-6(3)9-8-7;1-5(2)7-4-6(3)8-9-7;1-6(2)7-3-4-8-5-7;1-6(2)7-4-3-5-8-7;1-6(2)7-3-4-8-5-7;1-6(2)7-4-3-5-8-7;1-5(2)6-3-4-7-8-6/h3-5H,1-2H3;2*4-6H,1-3H3;2*4-5H,1-3H3;4*3-6H,1-2H3;3-5H,1-2H3. The maximum Gasteiger partial charge on any atom is 0.449 e. The summed E-state index contributed by atoms with van der Waals surface area (Å²) in [5.74, 6) is 11.4. The van der Waals surface area contributed by atoms with E-state index in [0.29, 0.717) is 59.0 Å². The van der Waals surface area contributed by atoms with Gasteiger partial charge in [-0.05, 0) is 151 Å². The Labute approximate surface area is 532 Å². The number of aryl methyl sites for hydroxylation is 4. The topological polar surface area (TPSA) is 144 Å². The van der Waals surface area contributed by atoms with Crippen LogP contribution in [0.4, 0.5) is 13.2 Å². The van der Waals surface area contributed by atoms with E-state index in [4.69, 9.17) is 31.2 Å². The fraction of sp³-hybridized carbons (Fsp3) is 0.486. The number of hydrogen-bond donors (Lipinski definition) is 0. The Morgan fingerprint density at radius 3 is 1.30 bits per heavy atom. The molecular weight excluding hydrogens is 1160 g/mol. The molecule has 10 rings (SSSR count). The second-order valence-corrected chi connectivity index (χ2v) is 25.7. The number of aromatic nitrogens is 3. The van der Waals surface area contributed by atoms with Crippen LogP contribution in [0.2, 0.25) is 0 Å². The molecule has 0 unspecified atom stereocenters. The van der Waals surface area contributed by atoms with Crippen molar-refractivity contribution >= 4 is 22.7 Å². The van der Waals surface area contributed by atoms with Gasteiger partial charge in [-0.25, -0.2) is 0 Å². The lowest BCUT2D eigenvalue weighted by Crippen LogP contribution is -2.02. The van der Waals surface area contributed by atoms with Gasteiger partial charge < -0.3 is 35.7 Å².